The van der Waals surface area contributed by atoms with Crippen LogP contribution in [-0.4, -0.2) is 63.3 Å². The largest absolute Gasteiger partial charge is 0.357 e. The van der Waals surface area contributed by atoms with Crippen LogP contribution in [0, 0.1) is 5.92 Å². The van der Waals surface area contributed by atoms with Gasteiger partial charge < -0.3 is 15.5 Å². The van der Waals surface area contributed by atoms with E-state index in [1.165, 1.54) is 12.8 Å². The molecule has 1 saturated carbocycles. The summed E-state index contributed by atoms with van der Waals surface area (Å²) in [7, 11) is 0. The minimum Gasteiger partial charge on any atom is -0.357 e. The number of hydrogen-bond acceptors (Lipinski definition) is 4. The van der Waals surface area contributed by atoms with Gasteiger partial charge in [-0.3, -0.25) is 14.4 Å². The summed E-state index contributed by atoms with van der Waals surface area (Å²) in [4.78, 5) is 31.8. The van der Waals surface area contributed by atoms with Crippen LogP contribution in [0.15, 0.2) is 9.79 Å². The number of likely N-dealkylation sites (tertiary alicyclic amines) is 1. The van der Waals surface area contributed by atoms with E-state index in [1.54, 1.807) is 4.68 Å². The van der Waals surface area contributed by atoms with Crippen molar-refractivity contribution in [2.45, 2.75) is 83.8 Å². The van der Waals surface area contributed by atoms with Crippen LogP contribution in [0.1, 0.15) is 64.1 Å². The minimum absolute atomic E-state index is 0. The van der Waals surface area contributed by atoms with Gasteiger partial charge in [-0.05, 0) is 45.4 Å². The fourth-order valence-corrected chi connectivity index (χ4v) is 5.03. The summed E-state index contributed by atoms with van der Waals surface area (Å²) >= 11 is 0. The van der Waals surface area contributed by atoms with Gasteiger partial charge in [0.1, 0.15) is 5.82 Å². The molecule has 32 heavy (non-hydrogen) atoms. The second-order valence-corrected chi connectivity index (χ2v) is 9.04. The van der Waals surface area contributed by atoms with Crippen molar-refractivity contribution in [3.05, 3.63) is 16.3 Å². The van der Waals surface area contributed by atoms with Crippen molar-refractivity contribution in [1.82, 2.24) is 29.9 Å². The number of nitrogens with one attached hydrogen (secondary N) is 2. The molecule has 1 amide bonds. The molecule has 1 atom stereocenters. The Balaban J connectivity index is 0.00000289. The van der Waals surface area contributed by atoms with Gasteiger partial charge in [-0.25, -0.2) is 9.48 Å². The molecule has 3 heterocycles. The number of halogens is 1. The molecule has 0 radical (unpaired) electrons. The molecule has 180 valence electrons. The lowest BCUT2D eigenvalue weighted by molar-refractivity contribution is -0.134. The molecule has 1 aromatic rings. The summed E-state index contributed by atoms with van der Waals surface area (Å²) in [6.45, 7) is 6.45. The first-order valence-electron chi connectivity index (χ1n) is 12.2. The zero-order valence-electron chi connectivity index (χ0n) is 19.2. The van der Waals surface area contributed by atoms with E-state index in [0.29, 0.717) is 19.0 Å². The van der Waals surface area contributed by atoms with Crippen molar-refractivity contribution in [3.63, 3.8) is 0 Å². The Morgan fingerprint density at radius 2 is 1.97 bits per heavy atom. The molecular formula is C22H38IN7O2. The SMILES string of the molecule is CCNC(=NCCCn1nc2n(c1=O)CCCC2)NC1CCN(C(=O)C2CCCC2)C1.I. The standard InChI is InChI=1S/C22H37N7O2.HI/c1-2-23-21(25-18-11-15-27(16-18)20(30)17-8-3-4-9-17)24-12-7-14-29-22(31)28-13-6-5-10-19(28)26-29;/h17-18H,2-16H2,1H3,(H2,23,24,25);1H. The van der Waals surface area contributed by atoms with E-state index in [1.807, 2.05) is 9.47 Å². The van der Waals surface area contributed by atoms with Crippen LogP contribution in [-0.2, 0) is 24.3 Å². The van der Waals surface area contributed by atoms with Gasteiger partial charge in [0.05, 0.1) is 0 Å². The monoisotopic (exact) mass is 559 g/mol. The molecular weight excluding hydrogens is 521 g/mol. The average Bonchev–Trinajstić information content (AvgIpc) is 3.52. The molecule has 0 aromatic carbocycles. The second-order valence-electron chi connectivity index (χ2n) is 9.04. The van der Waals surface area contributed by atoms with Crippen molar-refractivity contribution in [1.29, 1.82) is 0 Å². The van der Waals surface area contributed by atoms with Gasteiger partial charge in [-0.15, -0.1) is 24.0 Å². The lowest BCUT2D eigenvalue weighted by atomic mass is 10.1. The van der Waals surface area contributed by atoms with E-state index in [4.69, 9.17) is 4.99 Å². The Bertz CT molecular complexity index is 844. The summed E-state index contributed by atoms with van der Waals surface area (Å²) in [5.41, 5.74) is 0.0155. The number of aliphatic imine (C=N–C) groups is 1. The van der Waals surface area contributed by atoms with Crippen molar-refractivity contribution in [3.8, 4) is 0 Å². The van der Waals surface area contributed by atoms with Gasteiger partial charge in [-0.2, -0.15) is 5.10 Å². The number of carbonyl (C=O) groups excluding carboxylic acids is 1. The number of aryl methyl sites for hydroxylation is 2. The number of fused-ring (bicyclic) bond motifs is 1. The Morgan fingerprint density at radius 3 is 2.72 bits per heavy atom. The first-order chi connectivity index (χ1) is 15.2. The van der Waals surface area contributed by atoms with Crippen molar-refractivity contribution >= 4 is 35.8 Å². The molecule has 3 aliphatic rings. The molecule has 1 saturated heterocycles. The summed E-state index contributed by atoms with van der Waals surface area (Å²) in [6.07, 6.45) is 9.29. The van der Waals surface area contributed by atoms with E-state index in [9.17, 15) is 9.59 Å². The normalized spacial score (nSPS) is 21.3. The highest BCUT2D eigenvalue weighted by Crippen LogP contribution is 2.27. The van der Waals surface area contributed by atoms with Crippen LogP contribution >= 0.6 is 24.0 Å². The van der Waals surface area contributed by atoms with E-state index in [-0.39, 0.29) is 41.6 Å². The van der Waals surface area contributed by atoms with Crippen LogP contribution < -0.4 is 16.3 Å². The summed E-state index contributed by atoms with van der Waals surface area (Å²) in [6, 6.07) is 0.241. The van der Waals surface area contributed by atoms with Gasteiger partial charge >= 0.3 is 5.69 Å². The molecule has 1 aliphatic carbocycles. The number of carbonyl (C=O) groups is 1. The quantitative estimate of drug-likeness (QED) is 0.230. The third kappa shape index (κ3) is 6.05. The first kappa shape index (κ1) is 25.0. The van der Waals surface area contributed by atoms with Gasteiger partial charge in [-0.1, -0.05) is 12.8 Å². The molecule has 2 aliphatic heterocycles. The Labute approximate surface area is 207 Å². The number of hydrogen-bond donors (Lipinski definition) is 2. The highest BCUT2D eigenvalue weighted by Gasteiger charge is 2.32. The first-order valence-corrected chi connectivity index (χ1v) is 12.2. The molecule has 9 nitrogen and oxygen atoms in total. The summed E-state index contributed by atoms with van der Waals surface area (Å²) in [5, 5.41) is 11.3. The van der Waals surface area contributed by atoms with Gasteiger partial charge in [0.15, 0.2) is 5.96 Å². The molecule has 2 N–H and O–H groups in total. The smallest absolute Gasteiger partial charge is 0.345 e. The highest BCUT2D eigenvalue weighted by molar-refractivity contribution is 14.0. The molecule has 0 spiro atoms. The van der Waals surface area contributed by atoms with E-state index < -0.39 is 0 Å². The number of amides is 1. The second kappa shape index (κ2) is 12.0. The van der Waals surface area contributed by atoms with E-state index in [2.05, 4.69) is 22.7 Å². The Morgan fingerprint density at radius 1 is 1.16 bits per heavy atom. The lowest BCUT2D eigenvalue weighted by Crippen LogP contribution is -2.45. The molecule has 1 unspecified atom stereocenters. The Hall–Kier alpha value is -1.59. The van der Waals surface area contributed by atoms with E-state index in [0.717, 1.165) is 82.9 Å². The van der Waals surface area contributed by atoms with Crippen LogP contribution in [0.2, 0.25) is 0 Å². The van der Waals surface area contributed by atoms with Crippen LogP contribution in [0.4, 0.5) is 0 Å². The van der Waals surface area contributed by atoms with E-state index >= 15 is 0 Å². The Kier molecular flexibility index (Phi) is 9.42. The topological polar surface area (TPSA) is 96.6 Å². The third-order valence-electron chi connectivity index (χ3n) is 6.72. The lowest BCUT2D eigenvalue weighted by Gasteiger charge is -2.21. The third-order valence-corrected chi connectivity index (χ3v) is 6.72. The zero-order valence-corrected chi connectivity index (χ0v) is 21.6. The predicted octanol–water partition coefficient (Wildman–Crippen LogP) is 1.74. The predicted molar refractivity (Wildman–Crippen MR) is 136 cm³/mol. The molecule has 2 fully saturated rings. The number of nitrogens with zero attached hydrogens (tertiary/aromatic N) is 5. The number of guanidine groups is 1. The minimum atomic E-state index is 0. The molecule has 0 bridgehead atoms. The summed E-state index contributed by atoms with van der Waals surface area (Å²) in [5.74, 6) is 2.31. The highest BCUT2D eigenvalue weighted by atomic mass is 127. The maximum Gasteiger partial charge on any atom is 0.345 e. The van der Waals surface area contributed by atoms with Gasteiger partial charge in [0, 0.05) is 57.6 Å². The zero-order chi connectivity index (χ0) is 21.6. The van der Waals surface area contributed by atoms with Crippen LogP contribution in [0.25, 0.3) is 0 Å². The van der Waals surface area contributed by atoms with Gasteiger partial charge in [0.25, 0.3) is 0 Å². The molecule has 1 aromatic heterocycles. The maximum atomic E-state index is 12.7. The van der Waals surface area contributed by atoms with Crippen molar-refractivity contribution < 1.29 is 4.79 Å². The fraction of sp³-hybridized carbons (Fsp3) is 0.818. The van der Waals surface area contributed by atoms with Crippen LogP contribution in [0.5, 0.6) is 0 Å². The fourth-order valence-electron chi connectivity index (χ4n) is 5.03. The number of rotatable bonds is 7. The van der Waals surface area contributed by atoms with Crippen molar-refractivity contribution in [2.75, 3.05) is 26.2 Å². The molecule has 10 heteroatoms. The number of aromatic nitrogens is 3. The average molecular weight is 559 g/mol. The summed E-state index contributed by atoms with van der Waals surface area (Å²) < 4.78 is 3.41. The van der Waals surface area contributed by atoms with Crippen molar-refractivity contribution in [2.24, 2.45) is 10.9 Å². The molecule has 4 rings (SSSR count). The maximum absolute atomic E-state index is 12.7. The van der Waals surface area contributed by atoms with Gasteiger partial charge in [0.2, 0.25) is 5.91 Å². The van der Waals surface area contributed by atoms with Crippen LogP contribution in [0.3, 0.4) is 0 Å².